The van der Waals surface area contributed by atoms with E-state index in [1.807, 2.05) is 24.3 Å². The van der Waals surface area contributed by atoms with Gasteiger partial charge in [-0.05, 0) is 50.5 Å². The molecule has 1 aliphatic heterocycles. The van der Waals surface area contributed by atoms with Gasteiger partial charge in [0.15, 0.2) is 5.96 Å². The molecular weight excluding hydrogens is 352 g/mol. The van der Waals surface area contributed by atoms with Gasteiger partial charge in [0.05, 0.1) is 6.54 Å². The van der Waals surface area contributed by atoms with Crippen molar-refractivity contribution in [2.24, 2.45) is 10.7 Å². The minimum atomic E-state index is 0. The molecular formula is C15H24BrClN4. The van der Waals surface area contributed by atoms with Crippen LogP contribution >= 0.6 is 28.3 Å². The van der Waals surface area contributed by atoms with Crippen molar-refractivity contribution in [1.29, 1.82) is 0 Å². The van der Waals surface area contributed by atoms with Gasteiger partial charge < -0.3 is 16.0 Å². The number of halogens is 2. The second-order valence-corrected chi connectivity index (χ2v) is 5.98. The fourth-order valence-corrected chi connectivity index (χ4v) is 2.79. The maximum absolute atomic E-state index is 5.88. The van der Waals surface area contributed by atoms with Gasteiger partial charge in [-0.15, -0.1) is 12.4 Å². The van der Waals surface area contributed by atoms with E-state index in [0.717, 1.165) is 29.5 Å². The Labute approximate surface area is 141 Å². The van der Waals surface area contributed by atoms with Crippen LogP contribution in [0.1, 0.15) is 24.8 Å². The number of hydrogen-bond donors (Lipinski definition) is 2. The Morgan fingerprint density at radius 3 is 2.71 bits per heavy atom. The van der Waals surface area contributed by atoms with E-state index in [-0.39, 0.29) is 12.4 Å². The van der Waals surface area contributed by atoms with Gasteiger partial charge in [0, 0.05) is 11.0 Å². The molecule has 0 saturated carbocycles. The number of rotatable bonds is 6. The molecule has 0 amide bonds. The fraction of sp³-hybridized carbons (Fsp3) is 0.533. The van der Waals surface area contributed by atoms with E-state index in [2.05, 4.69) is 31.1 Å². The highest BCUT2D eigenvalue weighted by atomic mass is 79.9. The highest BCUT2D eigenvalue weighted by Gasteiger charge is 2.09. The van der Waals surface area contributed by atoms with Crippen LogP contribution in [0.4, 0.5) is 0 Å². The first-order valence-corrected chi connectivity index (χ1v) is 8.04. The van der Waals surface area contributed by atoms with E-state index in [0.29, 0.717) is 12.5 Å². The van der Waals surface area contributed by atoms with Crippen LogP contribution in [-0.2, 0) is 6.54 Å². The quantitative estimate of drug-likeness (QED) is 0.457. The Bertz CT molecular complexity index is 447. The molecule has 0 bridgehead atoms. The lowest BCUT2D eigenvalue weighted by Crippen LogP contribution is -2.34. The van der Waals surface area contributed by atoms with Crippen molar-refractivity contribution in [3.8, 4) is 0 Å². The molecule has 1 aromatic carbocycles. The lowest BCUT2D eigenvalue weighted by atomic mass is 10.2. The fourth-order valence-electron chi connectivity index (χ4n) is 2.38. The summed E-state index contributed by atoms with van der Waals surface area (Å²) in [4.78, 5) is 6.87. The Balaban J connectivity index is 0.00000220. The molecule has 118 valence electrons. The van der Waals surface area contributed by atoms with Crippen LogP contribution in [0.5, 0.6) is 0 Å². The summed E-state index contributed by atoms with van der Waals surface area (Å²) in [6, 6.07) is 8.07. The second kappa shape index (κ2) is 10.0. The number of nitrogens with two attached hydrogens (primary N) is 1. The summed E-state index contributed by atoms with van der Waals surface area (Å²) in [5.41, 5.74) is 7.02. The maximum atomic E-state index is 5.88. The largest absolute Gasteiger partial charge is 0.370 e. The summed E-state index contributed by atoms with van der Waals surface area (Å²) in [5.74, 6) is 0.530. The molecule has 4 nitrogen and oxygen atoms in total. The second-order valence-electron chi connectivity index (χ2n) is 5.12. The Kier molecular flexibility index (Phi) is 8.73. The summed E-state index contributed by atoms with van der Waals surface area (Å²) in [5, 5.41) is 3.18. The van der Waals surface area contributed by atoms with Crippen LogP contribution in [0.15, 0.2) is 33.7 Å². The molecule has 21 heavy (non-hydrogen) atoms. The number of benzene rings is 1. The van der Waals surface area contributed by atoms with Gasteiger partial charge in [-0.2, -0.15) is 0 Å². The summed E-state index contributed by atoms with van der Waals surface area (Å²) < 4.78 is 1.07. The van der Waals surface area contributed by atoms with Crippen LogP contribution in [-0.4, -0.2) is 37.0 Å². The smallest absolute Gasteiger partial charge is 0.188 e. The van der Waals surface area contributed by atoms with Gasteiger partial charge in [-0.25, -0.2) is 4.99 Å². The predicted molar refractivity (Wildman–Crippen MR) is 95.0 cm³/mol. The van der Waals surface area contributed by atoms with E-state index in [1.54, 1.807) is 0 Å². The third-order valence-corrected chi connectivity index (χ3v) is 4.31. The zero-order valence-electron chi connectivity index (χ0n) is 12.2. The molecule has 1 saturated heterocycles. The number of nitrogens with one attached hydrogen (secondary N) is 1. The Hall–Kier alpha value is -0.780. The van der Waals surface area contributed by atoms with Crippen molar-refractivity contribution >= 4 is 34.3 Å². The van der Waals surface area contributed by atoms with Gasteiger partial charge in [-0.3, -0.25) is 0 Å². The first kappa shape index (κ1) is 18.3. The Morgan fingerprint density at radius 2 is 2.00 bits per heavy atom. The third-order valence-electron chi connectivity index (χ3n) is 3.53. The van der Waals surface area contributed by atoms with E-state index in [4.69, 9.17) is 5.73 Å². The summed E-state index contributed by atoms with van der Waals surface area (Å²) in [6.07, 6.45) is 3.82. The SMILES string of the molecule is Cl.NC(=NCc1ccccc1Br)NCCCN1CCCC1. The molecule has 1 heterocycles. The topological polar surface area (TPSA) is 53.6 Å². The van der Waals surface area contributed by atoms with Crippen LogP contribution in [0.3, 0.4) is 0 Å². The third kappa shape index (κ3) is 6.68. The predicted octanol–water partition coefficient (Wildman–Crippen LogP) is 2.76. The first-order valence-electron chi connectivity index (χ1n) is 7.25. The van der Waals surface area contributed by atoms with Crippen LogP contribution < -0.4 is 11.1 Å². The van der Waals surface area contributed by atoms with Crippen molar-refractivity contribution in [3.05, 3.63) is 34.3 Å². The zero-order chi connectivity index (χ0) is 14.2. The Morgan fingerprint density at radius 1 is 1.29 bits per heavy atom. The standard InChI is InChI=1S/C15H23BrN4.ClH/c16-14-7-2-1-6-13(14)12-19-15(17)18-8-5-11-20-9-3-4-10-20;/h1-2,6-7H,3-5,8-12H2,(H3,17,18,19);1H. The normalized spacial score (nSPS) is 15.8. The lowest BCUT2D eigenvalue weighted by Gasteiger charge is -2.14. The molecule has 1 aromatic rings. The molecule has 1 aliphatic rings. The first-order chi connectivity index (χ1) is 9.75. The van der Waals surface area contributed by atoms with Gasteiger partial charge >= 0.3 is 0 Å². The number of likely N-dealkylation sites (tertiary alicyclic amines) is 1. The van der Waals surface area contributed by atoms with Gasteiger partial charge in [-0.1, -0.05) is 34.1 Å². The summed E-state index contributed by atoms with van der Waals surface area (Å²) in [6.45, 7) is 5.16. The number of guanidine groups is 1. The number of aliphatic imine (C=N–C) groups is 1. The summed E-state index contributed by atoms with van der Waals surface area (Å²) in [7, 11) is 0. The highest BCUT2D eigenvalue weighted by Crippen LogP contribution is 2.16. The molecule has 0 unspecified atom stereocenters. The zero-order valence-corrected chi connectivity index (χ0v) is 14.6. The van der Waals surface area contributed by atoms with Crippen LogP contribution in [0, 0.1) is 0 Å². The molecule has 0 atom stereocenters. The lowest BCUT2D eigenvalue weighted by molar-refractivity contribution is 0.334. The van der Waals surface area contributed by atoms with Crippen molar-refractivity contribution in [1.82, 2.24) is 10.2 Å². The molecule has 1 fully saturated rings. The maximum Gasteiger partial charge on any atom is 0.188 e. The van der Waals surface area contributed by atoms with Gasteiger partial charge in [0.25, 0.3) is 0 Å². The van der Waals surface area contributed by atoms with E-state index >= 15 is 0 Å². The van der Waals surface area contributed by atoms with Crippen molar-refractivity contribution in [2.45, 2.75) is 25.8 Å². The van der Waals surface area contributed by atoms with Crippen LogP contribution in [0.2, 0.25) is 0 Å². The molecule has 3 N–H and O–H groups in total. The molecule has 0 aromatic heterocycles. The average Bonchev–Trinajstić information content (AvgIpc) is 2.96. The van der Waals surface area contributed by atoms with Crippen molar-refractivity contribution < 1.29 is 0 Å². The van der Waals surface area contributed by atoms with E-state index < -0.39 is 0 Å². The highest BCUT2D eigenvalue weighted by molar-refractivity contribution is 9.10. The van der Waals surface area contributed by atoms with Crippen LogP contribution in [0.25, 0.3) is 0 Å². The molecule has 2 rings (SSSR count). The average molecular weight is 376 g/mol. The van der Waals surface area contributed by atoms with E-state index in [9.17, 15) is 0 Å². The number of hydrogen-bond acceptors (Lipinski definition) is 2. The van der Waals surface area contributed by atoms with Crippen molar-refractivity contribution in [2.75, 3.05) is 26.2 Å². The summed E-state index contributed by atoms with van der Waals surface area (Å²) >= 11 is 3.51. The number of nitrogens with zero attached hydrogens (tertiary/aromatic N) is 2. The molecule has 0 spiro atoms. The molecule has 0 radical (unpaired) electrons. The molecule has 0 aliphatic carbocycles. The monoisotopic (exact) mass is 374 g/mol. The minimum absolute atomic E-state index is 0. The molecule has 6 heteroatoms. The van der Waals surface area contributed by atoms with E-state index in [1.165, 1.54) is 25.9 Å². The van der Waals surface area contributed by atoms with Gasteiger partial charge in [0.2, 0.25) is 0 Å². The van der Waals surface area contributed by atoms with Gasteiger partial charge in [0.1, 0.15) is 0 Å². The minimum Gasteiger partial charge on any atom is -0.370 e. The van der Waals surface area contributed by atoms with Crippen molar-refractivity contribution in [3.63, 3.8) is 0 Å².